The van der Waals surface area contributed by atoms with Crippen molar-refractivity contribution in [3.05, 3.63) is 11.9 Å². The third-order valence-electron chi connectivity index (χ3n) is 2.33. The van der Waals surface area contributed by atoms with Crippen LogP contribution >= 0.6 is 11.8 Å². The highest BCUT2D eigenvalue weighted by Gasteiger charge is 2.04. The number of hydrogen-bond donors (Lipinski definition) is 2. The van der Waals surface area contributed by atoms with Crippen molar-refractivity contribution in [2.24, 2.45) is 5.84 Å². The molecule has 1 heterocycles. The molecule has 102 valence electrons. The topological polar surface area (TPSA) is 73.1 Å². The molecule has 0 bridgehead atoms. The summed E-state index contributed by atoms with van der Waals surface area (Å²) < 4.78 is 5.31. The summed E-state index contributed by atoms with van der Waals surface area (Å²) in [6.07, 6.45) is 3.69. The Labute approximate surface area is 113 Å². The summed E-state index contributed by atoms with van der Waals surface area (Å²) in [5, 5.41) is 0.948. The minimum Gasteiger partial charge on any atom is -0.374 e. The van der Waals surface area contributed by atoms with Crippen molar-refractivity contribution in [1.29, 1.82) is 0 Å². The fourth-order valence-electron chi connectivity index (χ4n) is 1.41. The summed E-state index contributed by atoms with van der Waals surface area (Å²) >= 11 is 1.74. The normalized spacial score (nSPS) is 10.6. The molecule has 0 saturated heterocycles. The lowest BCUT2D eigenvalue weighted by Crippen LogP contribution is -2.11. The van der Waals surface area contributed by atoms with Crippen LogP contribution in [0, 0.1) is 0 Å². The SMILES string of the molecule is CCCCCSc1cc(NN)nc(COCC)n1. The van der Waals surface area contributed by atoms with Gasteiger partial charge in [-0.15, -0.1) is 11.8 Å². The van der Waals surface area contributed by atoms with Crippen molar-refractivity contribution in [1.82, 2.24) is 9.97 Å². The van der Waals surface area contributed by atoms with Gasteiger partial charge in [0.05, 0.1) is 0 Å². The summed E-state index contributed by atoms with van der Waals surface area (Å²) in [6, 6.07) is 1.87. The number of thioether (sulfide) groups is 1. The van der Waals surface area contributed by atoms with Crippen molar-refractivity contribution >= 4 is 17.6 Å². The monoisotopic (exact) mass is 270 g/mol. The molecule has 0 aliphatic heterocycles. The van der Waals surface area contributed by atoms with Gasteiger partial charge >= 0.3 is 0 Å². The van der Waals surface area contributed by atoms with Gasteiger partial charge in [0, 0.05) is 12.7 Å². The Hall–Kier alpha value is -0.850. The zero-order valence-electron chi connectivity index (χ0n) is 11.1. The van der Waals surface area contributed by atoms with Crippen LogP contribution < -0.4 is 11.3 Å². The predicted octanol–water partition coefficient (Wildman–Crippen LogP) is 2.58. The van der Waals surface area contributed by atoms with E-state index in [-0.39, 0.29) is 0 Å². The molecule has 0 fully saturated rings. The average molecular weight is 270 g/mol. The van der Waals surface area contributed by atoms with Gasteiger partial charge in [-0.2, -0.15) is 0 Å². The third kappa shape index (κ3) is 5.66. The Bertz CT molecular complexity index is 349. The smallest absolute Gasteiger partial charge is 0.157 e. The first-order valence-electron chi connectivity index (χ1n) is 6.35. The lowest BCUT2D eigenvalue weighted by atomic mass is 10.3. The molecule has 1 aromatic heterocycles. The second kappa shape index (κ2) is 9.13. The quantitative estimate of drug-likeness (QED) is 0.236. The van der Waals surface area contributed by atoms with E-state index in [0.717, 1.165) is 10.8 Å². The molecular formula is C12H22N4OS. The van der Waals surface area contributed by atoms with Crippen LogP contribution in [0.2, 0.25) is 0 Å². The van der Waals surface area contributed by atoms with Crippen LogP contribution in [0.5, 0.6) is 0 Å². The van der Waals surface area contributed by atoms with Gasteiger partial charge in [-0.3, -0.25) is 0 Å². The first-order valence-corrected chi connectivity index (χ1v) is 7.33. The molecule has 18 heavy (non-hydrogen) atoms. The van der Waals surface area contributed by atoms with Gasteiger partial charge < -0.3 is 10.2 Å². The highest BCUT2D eigenvalue weighted by atomic mass is 32.2. The summed E-state index contributed by atoms with van der Waals surface area (Å²) in [6.45, 7) is 5.23. The standard InChI is InChI=1S/C12H22N4OS/c1-3-5-6-7-18-12-8-10(16-13)14-11(15-12)9-17-4-2/h8H,3-7,9,13H2,1-2H3,(H,14,15,16). The first kappa shape index (κ1) is 15.2. The van der Waals surface area contributed by atoms with E-state index in [9.17, 15) is 0 Å². The Morgan fingerprint density at radius 3 is 2.83 bits per heavy atom. The van der Waals surface area contributed by atoms with E-state index >= 15 is 0 Å². The number of rotatable bonds is 9. The van der Waals surface area contributed by atoms with E-state index in [4.69, 9.17) is 10.6 Å². The number of nitrogens with two attached hydrogens (primary N) is 1. The zero-order valence-corrected chi connectivity index (χ0v) is 11.9. The van der Waals surface area contributed by atoms with Crippen LogP contribution in [-0.4, -0.2) is 22.3 Å². The molecular weight excluding hydrogens is 248 g/mol. The number of unbranched alkanes of at least 4 members (excludes halogenated alkanes) is 2. The number of nitrogens with zero attached hydrogens (tertiary/aromatic N) is 2. The van der Waals surface area contributed by atoms with Crippen molar-refractivity contribution in [2.45, 2.75) is 44.7 Å². The fourth-order valence-corrected chi connectivity index (χ4v) is 2.33. The Morgan fingerprint density at radius 1 is 1.33 bits per heavy atom. The van der Waals surface area contributed by atoms with Crippen LogP contribution in [-0.2, 0) is 11.3 Å². The number of hydrogen-bond acceptors (Lipinski definition) is 6. The molecule has 1 aromatic rings. The predicted molar refractivity (Wildman–Crippen MR) is 75.4 cm³/mol. The van der Waals surface area contributed by atoms with Crippen molar-refractivity contribution < 1.29 is 4.74 Å². The maximum Gasteiger partial charge on any atom is 0.157 e. The fraction of sp³-hybridized carbons (Fsp3) is 0.667. The molecule has 1 rings (SSSR count). The van der Waals surface area contributed by atoms with E-state index in [2.05, 4.69) is 22.3 Å². The minimum atomic E-state index is 0.425. The van der Waals surface area contributed by atoms with Crippen LogP contribution in [0.1, 0.15) is 38.9 Å². The van der Waals surface area contributed by atoms with Gasteiger partial charge in [-0.05, 0) is 19.1 Å². The lowest BCUT2D eigenvalue weighted by Gasteiger charge is -2.07. The maximum atomic E-state index is 5.40. The molecule has 0 aliphatic rings. The van der Waals surface area contributed by atoms with E-state index < -0.39 is 0 Å². The second-order valence-electron chi connectivity index (χ2n) is 3.84. The van der Waals surface area contributed by atoms with Gasteiger partial charge in [0.1, 0.15) is 17.5 Å². The van der Waals surface area contributed by atoms with Crippen LogP contribution in [0.3, 0.4) is 0 Å². The molecule has 6 heteroatoms. The van der Waals surface area contributed by atoms with Gasteiger partial charge in [0.15, 0.2) is 5.82 Å². The molecule has 0 atom stereocenters. The van der Waals surface area contributed by atoms with E-state index in [1.54, 1.807) is 11.8 Å². The number of hydrazine groups is 1. The summed E-state index contributed by atoms with van der Waals surface area (Å²) in [4.78, 5) is 8.70. The molecule has 3 N–H and O–H groups in total. The van der Waals surface area contributed by atoms with E-state index in [1.807, 2.05) is 13.0 Å². The highest BCUT2D eigenvalue weighted by molar-refractivity contribution is 7.99. The van der Waals surface area contributed by atoms with Gasteiger partial charge in [-0.25, -0.2) is 15.8 Å². The molecule has 0 aromatic carbocycles. The first-order chi connectivity index (χ1) is 8.80. The molecule has 0 spiro atoms. The summed E-state index contributed by atoms with van der Waals surface area (Å²) in [5.74, 6) is 7.78. The second-order valence-corrected chi connectivity index (χ2v) is 4.96. The highest BCUT2D eigenvalue weighted by Crippen LogP contribution is 2.20. The molecule has 0 aliphatic carbocycles. The van der Waals surface area contributed by atoms with Gasteiger partial charge in [0.25, 0.3) is 0 Å². The van der Waals surface area contributed by atoms with Crippen LogP contribution in [0.15, 0.2) is 11.1 Å². The lowest BCUT2D eigenvalue weighted by molar-refractivity contribution is 0.128. The van der Waals surface area contributed by atoms with E-state index in [0.29, 0.717) is 24.9 Å². The van der Waals surface area contributed by atoms with Crippen LogP contribution in [0.25, 0.3) is 0 Å². The van der Waals surface area contributed by atoms with Gasteiger partial charge in [-0.1, -0.05) is 19.8 Å². The third-order valence-corrected chi connectivity index (χ3v) is 3.33. The number of aromatic nitrogens is 2. The molecule has 0 amide bonds. The van der Waals surface area contributed by atoms with Crippen molar-refractivity contribution in [2.75, 3.05) is 17.8 Å². The summed E-state index contributed by atoms with van der Waals surface area (Å²) in [5.41, 5.74) is 2.57. The number of nitrogens with one attached hydrogen (secondary N) is 1. The number of anilines is 1. The molecule has 5 nitrogen and oxygen atoms in total. The van der Waals surface area contributed by atoms with E-state index in [1.165, 1.54) is 19.3 Å². The minimum absolute atomic E-state index is 0.425. The van der Waals surface area contributed by atoms with Gasteiger partial charge in [0.2, 0.25) is 0 Å². The largest absolute Gasteiger partial charge is 0.374 e. The Kier molecular flexibility index (Phi) is 7.71. The zero-order chi connectivity index (χ0) is 13.2. The Balaban J connectivity index is 2.58. The number of nitrogen functional groups attached to an aromatic ring is 1. The molecule has 0 saturated carbocycles. The van der Waals surface area contributed by atoms with Crippen molar-refractivity contribution in [3.63, 3.8) is 0 Å². The average Bonchev–Trinajstić information content (AvgIpc) is 2.41. The maximum absolute atomic E-state index is 5.40. The van der Waals surface area contributed by atoms with Crippen molar-refractivity contribution in [3.8, 4) is 0 Å². The number of ether oxygens (including phenoxy) is 1. The van der Waals surface area contributed by atoms with Crippen LogP contribution in [0.4, 0.5) is 5.82 Å². The molecule has 0 unspecified atom stereocenters. The summed E-state index contributed by atoms with van der Waals surface area (Å²) in [7, 11) is 0. The Morgan fingerprint density at radius 2 is 2.17 bits per heavy atom. The molecule has 0 radical (unpaired) electrons.